The van der Waals surface area contributed by atoms with Crippen LogP contribution < -0.4 is 9.47 Å². The van der Waals surface area contributed by atoms with E-state index in [0.29, 0.717) is 0 Å². The number of hydrogen-bond donors (Lipinski definition) is 0. The summed E-state index contributed by atoms with van der Waals surface area (Å²) in [5, 5.41) is 0. The molecule has 4 nitrogen and oxygen atoms in total. The molecule has 1 unspecified atom stereocenters. The topological polar surface area (TPSA) is 44.8 Å². The van der Waals surface area contributed by atoms with Gasteiger partial charge in [-0.25, -0.2) is 0 Å². The summed E-state index contributed by atoms with van der Waals surface area (Å²) in [5.41, 5.74) is 1.16. The highest BCUT2D eigenvalue weighted by Gasteiger charge is 2.13. The molecule has 4 heteroatoms. The van der Waals surface area contributed by atoms with Gasteiger partial charge in [-0.2, -0.15) is 0 Å². The van der Waals surface area contributed by atoms with Gasteiger partial charge in [0.1, 0.15) is 6.10 Å². The van der Waals surface area contributed by atoms with Crippen molar-refractivity contribution >= 4 is 5.97 Å². The number of unbranched alkanes of at least 4 members (excludes halogenated alkanes) is 4. The highest BCUT2D eigenvalue weighted by Crippen LogP contribution is 2.28. The van der Waals surface area contributed by atoms with E-state index in [1.807, 2.05) is 18.2 Å². The zero-order valence-corrected chi connectivity index (χ0v) is 15.6. The number of esters is 1. The zero-order valence-electron chi connectivity index (χ0n) is 15.6. The number of ether oxygens (including phenoxy) is 3. The maximum Gasteiger partial charge on any atom is 0.302 e. The Morgan fingerprint density at radius 1 is 1.00 bits per heavy atom. The minimum absolute atomic E-state index is 0.00257. The first kappa shape index (κ1) is 20.3. The second kappa shape index (κ2) is 11.8. The standard InChI is InChI=1S/C20H32O4/c1-5-6-7-8-9-10-18(24-16(2)21)13-11-17-12-14-19(22-3)20(15-17)23-4/h12,14-15,18H,5-11,13H2,1-4H3. The van der Waals surface area contributed by atoms with E-state index in [1.54, 1.807) is 14.2 Å². The Morgan fingerprint density at radius 2 is 1.71 bits per heavy atom. The average molecular weight is 336 g/mol. The van der Waals surface area contributed by atoms with Crippen LogP contribution in [0.5, 0.6) is 11.5 Å². The minimum Gasteiger partial charge on any atom is -0.493 e. The molecule has 24 heavy (non-hydrogen) atoms. The van der Waals surface area contributed by atoms with Crippen LogP contribution in [0.4, 0.5) is 0 Å². The molecule has 0 amide bonds. The molecule has 0 radical (unpaired) electrons. The van der Waals surface area contributed by atoms with Crippen LogP contribution in [0, 0.1) is 0 Å². The monoisotopic (exact) mass is 336 g/mol. The second-order valence-corrected chi connectivity index (χ2v) is 6.16. The lowest BCUT2D eigenvalue weighted by atomic mass is 10.0. The summed E-state index contributed by atoms with van der Waals surface area (Å²) in [4.78, 5) is 11.3. The predicted octanol–water partition coefficient (Wildman–Crippen LogP) is 4.93. The molecule has 0 bridgehead atoms. The number of methoxy groups -OCH3 is 2. The quantitative estimate of drug-likeness (QED) is 0.401. The van der Waals surface area contributed by atoms with Crippen molar-refractivity contribution in [3.05, 3.63) is 23.8 Å². The normalized spacial score (nSPS) is 11.8. The fourth-order valence-corrected chi connectivity index (χ4v) is 2.84. The summed E-state index contributed by atoms with van der Waals surface area (Å²) in [6.45, 7) is 3.70. The number of carbonyl (C=O) groups excluding carboxylic acids is 1. The van der Waals surface area contributed by atoms with E-state index >= 15 is 0 Å². The van der Waals surface area contributed by atoms with Crippen LogP contribution in [0.2, 0.25) is 0 Å². The lowest BCUT2D eigenvalue weighted by Gasteiger charge is -2.17. The molecular formula is C20H32O4. The third-order valence-electron chi connectivity index (χ3n) is 4.17. The number of carbonyl (C=O) groups is 1. The summed E-state index contributed by atoms with van der Waals surface area (Å²) in [6.07, 6.45) is 8.74. The molecule has 0 aromatic heterocycles. The number of benzene rings is 1. The Hall–Kier alpha value is -1.71. The molecule has 0 saturated heterocycles. The second-order valence-electron chi connectivity index (χ2n) is 6.16. The van der Waals surface area contributed by atoms with Gasteiger partial charge in [0.15, 0.2) is 11.5 Å². The minimum atomic E-state index is -0.194. The van der Waals surface area contributed by atoms with Crippen LogP contribution in [-0.2, 0) is 16.0 Å². The van der Waals surface area contributed by atoms with Gasteiger partial charge in [0.05, 0.1) is 14.2 Å². The summed E-state index contributed by atoms with van der Waals surface area (Å²) in [6, 6.07) is 5.94. The van der Waals surface area contributed by atoms with Crippen molar-refractivity contribution in [2.24, 2.45) is 0 Å². The molecule has 0 aliphatic carbocycles. The van der Waals surface area contributed by atoms with Crippen LogP contribution in [0.3, 0.4) is 0 Å². The Labute approximate surface area is 146 Å². The SMILES string of the molecule is CCCCCCCC(CCc1ccc(OC)c(OC)c1)OC(C)=O. The molecule has 1 aromatic rings. The van der Waals surface area contributed by atoms with E-state index in [0.717, 1.165) is 42.7 Å². The lowest BCUT2D eigenvalue weighted by molar-refractivity contribution is -0.147. The molecule has 0 aliphatic rings. The van der Waals surface area contributed by atoms with E-state index in [9.17, 15) is 4.79 Å². The van der Waals surface area contributed by atoms with Gasteiger partial charge < -0.3 is 14.2 Å². The van der Waals surface area contributed by atoms with E-state index in [-0.39, 0.29) is 12.1 Å². The summed E-state index contributed by atoms with van der Waals surface area (Å²) in [7, 11) is 3.27. The summed E-state index contributed by atoms with van der Waals surface area (Å²) >= 11 is 0. The van der Waals surface area contributed by atoms with Gasteiger partial charge in [0, 0.05) is 6.92 Å². The van der Waals surface area contributed by atoms with Crippen molar-refractivity contribution in [1.29, 1.82) is 0 Å². The third-order valence-corrected chi connectivity index (χ3v) is 4.17. The van der Waals surface area contributed by atoms with Gasteiger partial charge >= 0.3 is 5.97 Å². The highest BCUT2D eigenvalue weighted by atomic mass is 16.5. The maximum absolute atomic E-state index is 11.3. The highest BCUT2D eigenvalue weighted by molar-refractivity contribution is 5.66. The molecule has 0 fully saturated rings. The van der Waals surface area contributed by atoms with Crippen LogP contribution in [0.1, 0.15) is 64.4 Å². The molecule has 0 aliphatic heterocycles. The van der Waals surface area contributed by atoms with Gasteiger partial charge in [-0.3, -0.25) is 4.79 Å². The first-order chi connectivity index (χ1) is 11.6. The molecule has 1 rings (SSSR count). The lowest BCUT2D eigenvalue weighted by Crippen LogP contribution is -2.17. The smallest absolute Gasteiger partial charge is 0.302 e. The first-order valence-electron chi connectivity index (χ1n) is 8.98. The fraction of sp³-hybridized carbons (Fsp3) is 0.650. The van der Waals surface area contributed by atoms with E-state index in [2.05, 4.69) is 6.92 Å². The molecule has 1 aromatic carbocycles. The maximum atomic E-state index is 11.3. The van der Waals surface area contributed by atoms with Gasteiger partial charge in [0.2, 0.25) is 0 Å². The van der Waals surface area contributed by atoms with Gasteiger partial charge in [-0.05, 0) is 43.4 Å². The number of aryl methyl sites for hydroxylation is 1. The van der Waals surface area contributed by atoms with Gasteiger partial charge in [-0.15, -0.1) is 0 Å². The first-order valence-corrected chi connectivity index (χ1v) is 8.98. The third kappa shape index (κ3) is 7.71. The van der Waals surface area contributed by atoms with Crippen LogP contribution in [0.25, 0.3) is 0 Å². The number of hydrogen-bond acceptors (Lipinski definition) is 4. The Bertz CT molecular complexity index is 485. The van der Waals surface area contributed by atoms with Crippen LogP contribution in [-0.4, -0.2) is 26.3 Å². The van der Waals surface area contributed by atoms with Gasteiger partial charge in [0.25, 0.3) is 0 Å². The van der Waals surface area contributed by atoms with Gasteiger partial charge in [-0.1, -0.05) is 38.7 Å². The molecule has 0 heterocycles. The van der Waals surface area contributed by atoms with Crippen molar-refractivity contribution in [1.82, 2.24) is 0 Å². The van der Waals surface area contributed by atoms with Crippen LogP contribution >= 0.6 is 0 Å². The predicted molar refractivity (Wildman–Crippen MR) is 96.8 cm³/mol. The Balaban J connectivity index is 2.52. The zero-order chi connectivity index (χ0) is 17.8. The van der Waals surface area contributed by atoms with Crippen molar-refractivity contribution in [3.63, 3.8) is 0 Å². The fourth-order valence-electron chi connectivity index (χ4n) is 2.84. The Kier molecular flexibility index (Phi) is 9.97. The average Bonchev–Trinajstić information content (AvgIpc) is 2.58. The van der Waals surface area contributed by atoms with Crippen molar-refractivity contribution in [3.8, 4) is 11.5 Å². The molecule has 136 valence electrons. The van der Waals surface area contributed by atoms with Crippen LogP contribution in [0.15, 0.2) is 18.2 Å². The number of rotatable bonds is 12. The molecule has 0 saturated carbocycles. The molecular weight excluding hydrogens is 304 g/mol. The van der Waals surface area contributed by atoms with Crippen molar-refractivity contribution in [2.45, 2.75) is 71.3 Å². The molecule has 0 spiro atoms. The van der Waals surface area contributed by atoms with Crippen molar-refractivity contribution in [2.75, 3.05) is 14.2 Å². The molecule has 1 atom stereocenters. The van der Waals surface area contributed by atoms with E-state index in [4.69, 9.17) is 14.2 Å². The Morgan fingerprint density at radius 3 is 2.33 bits per heavy atom. The summed E-state index contributed by atoms with van der Waals surface area (Å²) in [5.74, 6) is 1.27. The van der Waals surface area contributed by atoms with E-state index in [1.165, 1.54) is 32.6 Å². The van der Waals surface area contributed by atoms with E-state index < -0.39 is 0 Å². The largest absolute Gasteiger partial charge is 0.493 e. The molecule has 0 N–H and O–H groups in total. The van der Waals surface area contributed by atoms with Crippen molar-refractivity contribution < 1.29 is 19.0 Å². The summed E-state index contributed by atoms with van der Waals surface area (Å²) < 4.78 is 16.1.